The first-order valence-electron chi connectivity index (χ1n) is 35.2. The summed E-state index contributed by atoms with van der Waals surface area (Å²) in [6, 6.07) is -3.62. The third kappa shape index (κ3) is 24.3. The Morgan fingerprint density at radius 3 is 1.39 bits per heavy atom. The van der Waals surface area contributed by atoms with Crippen molar-refractivity contribution in [3.8, 4) is 0 Å². The van der Waals surface area contributed by atoms with Gasteiger partial charge in [-0.15, -0.1) is 11.8 Å². The number of carbonyl (C=O) groups excluding carboxylic acids is 11. The third-order valence-electron chi connectivity index (χ3n) is 18.5. The number of hydrogen-bond donors (Lipinski definition) is 4. The smallest absolute Gasteiger partial charge is 0.256 e. The van der Waals surface area contributed by atoms with Gasteiger partial charge in [0.1, 0.15) is 60.4 Å². The fourth-order valence-electron chi connectivity index (χ4n) is 12.5. The molecule has 1 fully saturated rings. The van der Waals surface area contributed by atoms with Crippen molar-refractivity contribution in [2.24, 2.45) is 41.4 Å². The van der Waals surface area contributed by atoms with Gasteiger partial charge >= 0.3 is 0 Å². The highest BCUT2D eigenvalue weighted by molar-refractivity contribution is 8.00. The zero-order chi connectivity index (χ0) is 75.2. The number of nitrogens with one attached hydrogen (secondary N) is 3. The van der Waals surface area contributed by atoms with E-state index in [1.807, 2.05) is 118 Å². The van der Waals surface area contributed by atoms with Gasteiger partial charge in [0.25, 0.3) is 5.91 Å². The van der Waals surface area contributed by atoms with Crippen LogP contribution in [0.2, 0.25) is 0 Å². The number of hydrogen-bond acceptors (Lipinski definition) is 14. The molecule has 98 heavy (non-hydrogen) atoms. The molecule has 24 nitrogen and oxygen atoms in total. The molecule has 0 aromatic heterocycles. The van der Waals surface area contributed by atoms with Crippen molar-refractivity contribution in [1.29, 1.82) is 0 Å². The van der Waals surface area contributed by atoms with Crippen molar-refractivity contribution in [1.82, 2.24) is 60.0 Å². The molecule has 0 spiro atoms. The summed E-state index contributed by atoms with van der Waals surface area (Å²) < 4.78 is 0. The van der Waals surface area contributed by atoms with Gasteiger partial charge < -0.3 is 65.2 Å². The SMILES string of the molecule is C/C=C/C[C@@H](C)[C@@H](O)[C@H]1C(=O)N[C@@H](CC)C(=O)N(C)[C@H](SCCN(C)C)C(=O)N(C)[C@@H](CC(C)C)C(=O)N(Cc2ccccc2)[C@@H](C(C)C)C(=O)N(C)[C@@H](CC(C)C)C(=O)N[C@@H](C)C(=O)N[C@H](C)C(=O)N(C)[C@@H](CC(C)C)C(=O)N(C)[C@@H](CC(C)C)C(=O)N(C)[C@@H](C(C)C)C(=O)N1C. The maximum absolute atomic E-state index is 16.0. The maximum atomic E-state index is 16.0. The lowest BCUT2D eigenvalue weighted by atomic mass is 9.91. The van der Waals surface area contributed by atoms with Gasteiger partial charge in [0.15, 0.2) is 5.37 Å². The maximum Gasteiger partial charge on any atom is 0.256 e. The number of benzene rings is 1. The van der Waals surface area contributed by atoms with E-state index in [0.29, 0.717) is 24.3 Å². The molecule has 13 atom stereocenters. The van der Waals surface area contributed by atoms with Crippen LogP contribution in [0.25, 0.3) is 0 Å². The minimum absolute atomic E-state index is 0.00529. The van der Waals surface area contributed by atoms with Crippen LogP contribution in [0.5, 0.6) is 0 Å². The summed E-state index contributed by atoms with van der Waals surface area (Å²) in [6.45, 7) is 30.7. The quantitative estimate of drug-likeness (QED) is 0.106. The molecule has 0 aliphatic carbocycles. The Hall–Kier alpha value is -6.60. The molecule has 2 rings (SSSR count). The number of rotatable bonds is 21. The summed E-state index contributed by atoms with van der Waals surface area (Å²) in [5.74, 6) is -9.50. The lowest BCUT2D eigenvalue weighted by molar-refractivity contribution is -0.157. The molecular weight excluding hydrogens is 1270 g/mol. The van der Waals surface area contributed by atoms with Crippen LogP contribution in [-0.2, 0) is 59.3 Å². The number of aliphatic hydroxyl groups is 1. The molecule has 1 aliphatic heterocycles. The van der Waals surface area contributed by atoms with E-state index in [1.54, 1.807) is 47.6 Å². The predicted molar refractivity (Wildman–Crippen MR) is 387 cm³/mol. The first-order chi connectivity index (χ1) is 45.5. The predicted octanol–water partition coefficient (Wildman–Crippen LogP) is 5.80. The van der Waals surface area contributed by atoms with Crippen molar-refractivity contribution in [3.63, 3.8) is 0 Å². The molecule has 25 heteroatoms. The van der Waals surface area contributed by atoms with Gasteiger partial charge in [-0.3, -0.25) is 52.7 Å². The standard InChI is InChI=1S/C73H126N12O12S/c1-27-29-33-49(15)61(86)60-64(89)76-53(28-2)66(91)84(26)73(98-37-36-77(18)19)72(97)81(23)57(41-46(9)10)69(94)85(42-52-34-31-30-32-35-52)59(48(13)14)71(96)78(20)54(38-43(3)4)63(88)74-50(16)62(87)75-51(17)65(90)79(21)55(39-44(5)6)67(92)80(22)56(40-45(7)8)68(93)82(24)58(47(11)12)70(95)83(60)25/h27,29-32,34-35,43-51,53-61,73,86H,28,33,36-42H2,1-26H3,(H,74,88)(H,75,87)(H,76,89)/b29-27+/t49-,50+,51-,53+,54+,55+,56+,57+,58+,59+,60+,61-,73-/m1/s1. The zero-order valence-electron chi connectivity index (χ0n) is 64.2. The van der Waals surface area contributed by atoms with Crippen LogP contribution in [0.1, 0.15) is 162 Å². The first-order valence-corrected chi connectivity index (χ1v) is 36.2. The summed E-state index contributed by atoms with van der Waals surface area (Å²) in [6.07, 6.45) is 2.92. The Morgan fingerprint density at radius 1 is 0.490 bits per heavy atom. The molecule has 0 saturated carbocycles. The van der Waals surface area contributed by atoms with E-state index in [2.05, 4.69) is 16.0 Å². The second-order valence-corrected chi connectivity index (χ2v) is 30.9. The summed E-state index contributed by atoms with van der Waals surface area (Å²) in [4.78, 5) is 180. The normalized spacial score (nSPS) is 25.8. The molecule has 1 aromatic carbocycles. The van der Waals surface area contributed by atoms with Crippen LogP contribution in [0.15, 0.2) is 42.5 Å². The fraction of sp³-hybridized carbons (Fsp3) is 0.740. The second kappa shape index (κ2) is 40.6. The summed E-state index contributed by atoms with van der Waals surface area (Å²) in [7, 11) is 13.9. The van der Waals surface area contributed by atoms with E-state index in [4.69, 9.17) is 0 Å². The molecule has 11 amide bonds. The zero-order valence-corrected chi connectivity index (χ0v) is 65.1. The Morgan fingerprint density at radius 2 is 0.918 bits per heavy atom. The Kier molecular flexibility index (Phi) is 36.2. The molecule has 0 unspecified atom stereocenters. The van der Waals surface area contributed by atoms with Crippen LogP contribution in [0.4, 0.5) is 0 Å². The van der Waals surface area contributed by atoms with Gasteiger partial charge in [-0.1, -0.05) is 139 Å². The van der Waals surface area contributed by atoms with Gasteiger partial charge in [0.05, 0.1) is 6.10 Å². The minimum atomic E-state index is -1.65. The molecule has 1 aliphatic rings. The van der Waals surface area contributed by atoms with Crippen molar-refractivity contribution in [2.45, 2.75) is 235 Å². The van der Waals surface area contributed by atoms with E-state index in [9.17, 15) is 19.5 Å². The monoisotopic (exact) mass is 1390 g/mol. The molecule has 0 bridgehead atoms. The topological polar surface area (TPSA) is 273 Å². The third-order valence-corrected chi connectivity index (χ3v) is 19.7. The number of amides is 11. The van der Waals surface area contributed by atoms with E-state index in [0.717, 1.165) is 4.90 Å². The molecular formula is C73H126N12O12S. The van der Waals surface area contributed by atoms with Gasteiger partial charge in [0, 0.05) is 68.2 Å². The number of aliphatic hydroxyl groups excluding tert-OH is 1. The lowest BCUT2D eigenvalue weighted by Crippen LogP contribution is -2.64. The van der Waals surface area contributed by atoms with E-state index >= 15 is 38.4 Å². The Bertz CT molecular complexity index is 2840. The van der Waals surface area contributed by atoms with Gasteiger partial charge in [-0.25, -0.2) is 0 Å². The molecule has 1 aromatic rings. The van der Waals surface area contributed by atoms with Crippen LogP contribution < -0.4 is 16.0 Å². The van der Waals surface area contributed by atoms with Crippen molar-refractivity contribution in [2.75, 3.05) is 75.7 Å². The molecule has 1 heterocycles. The summed E-state index contributed by atoms with van der Waals surface area (Å²) in [5.41, 5.74) is 0.674. The van der Waals surface area contributed by atoms with Gasteiger partial charge in [0.2, 0.25) is 59.1 Å². The summed E-state index contributed by atoms with van der Waals surface area (Å²) >= 11 is 1.17. The van der Waals surface area contributed by atoms with Crippen LogP contribution in [0, 0.1) is 41.4 Å². The Balaban J connectivity index is 3.25. The fourth-order valence-corrected chi connectivity index (χ4v) is 13.8. The second-order valence-electron chi connectivity index (χ2n) is 29.7. The highest BCUT2D eigenvalue weighted by Gasteiger charge is 2.48. The molecule has 4 N–H and O–H groups in total. The van der Waals surface area contributed by atoms with Gasteiger partial charge in [-0.2, -0.15) is 0 Å². The molecule has 1 saturated heterocycles. The average Bonchev–Trinajstić information content (AvgIpc) is 0.807. The lowest BCUT2D eigenvalue weighted by Gasteiger charge is -2.42. The van der Waals surface area contributed by atoms with E-state index < -0.39 is 155 Å². The number of nitrogens with zero attached hydrogens (tertiary/aromatic N) is 9. The summed E-state index contributed by atoms with van der Waals surface area (Å²) in [5, 5.41) is 19.4. The Labute approximate surface area is 591 Å². The van der Waals surface area contributed by atoms with E-state index in [1.165, 1.54) is 109 Å². The average molecular weight is 1400 g/mol. The first kappa shape index (κ1) is 87.5. The highest BCUT2D eigenvalue weighted by Crippen LogP contribution is 2.29. The highest BCUT2D eigenvalue weighted by atomic mass is 32.2. The van der Waals surface area contributed by atoms with Crippen LogP contribution in [0.3, 0.4) is 0 Å². The minimum Gasteiger partial charge on any atom is -0.390 e. The van der Waals surface area contributed by atoms with Crippen LogP contribution >= 0.6 is 11.8 Å². The molecule has 0 radical (unpaired) electrons. The number of allylic oxidation sites excluding steroid dienone is 2. The van der Waals surface area contributed by atoms with Crippen molar-refractivity contribution >= 4 is 76.7 Å². The van der Waals surface area contributed by atoms with E-state index in [-0.39, 0.29) is 62.3 Å². The van der Waals surface area contributed by atoms with Crippen molar-refractivity contribution in [3.05, 3.63) is 48.0 Å². The largest absolute Gasteiger partial charge is 0.390 e. The van der Waals surface area contributed by atoms with Crippen molar-refractivity contribution < 1.29 is 57.8 Å². The number of thioether (sulfide) groups is 1. The molecule has 556 valence electrons. The van der Waals surface area contributed by atoms with Crippen LogP contribution in [-0.4, -0.2) is 262 Å². The number of likely N-dealkylation sites (N-methyl/N-ethyl adjacent to an activating group) is 7. The van der Waals surface area contributed by atoms with Gasteiger partial charge in [-0.05, 0) is 120 Å². The number of carbonyl (C=O) groups is 11.